The van der Waals surface area contributed by atoms with E-state index in [1.807, 2.05) is 93.6 Å². The van der Waals surface area contributed by atoms with Gasteiger partial charge in [-0.1, -0.05) is 107 Å². The number of benzene rings is 3. The first-order chi connectivity index (χ1) is 21.0. The van der Waals surface area contributed by atoms with Crippen LogP contribution in [0.5, 0.6) is 0 Å². The summed E-state index contributed by atoms with van der Waals surface area (Å²) in [6, 6.07) is 19.1. The van der Waals surface area contributed by atoms with Gasteiger partial charge in [-0.15, -0.1) is 0 Å². The largest absolute Gasteiger partial charge is 0.445 e. The number of ketones is 1. The SMILES string of the molecule is CCC(C)C(NC(=O)C(CC(C)C)NC(=O)OCc1ccccc1)C(=O)C(=O)NC(Cc1ccc2ccccc2c1)C(N)=O. The molecule has 3 aromatic rings. The Morgan fingerprint density at radius 2 is 1.43 bits per heavy atom. The fraction of sp³-hybridized carbons (Fsp3) is 0.382. The summed E-state index contributed by atoms with van der Waals surface area (Å²) in [4.78, 5) is 64.8. The highest BCUT2D eigenvalue weighted by Gasteiger charge is 2.35. The Hall–Kier alpha value is -4.73. The Balaban J connectivity index is 1.69. The second kappa shape index (κ2) is 16.2. The second-order valence-corrected chi connectivity index (χ2v) is 11.4. The van der Waals surface area contributed by atoms with Crippen molar-refractivity contribution >= 4 is 40.4 Å². The van der Waals surface area contributed by atoms with Crippen molar-refractivity contribution in [2.45, 2.75) is 71.7 Å². The molecule has 0 aromatic heterocycles. The topological polar surface area (TPSA) is 157 Å². The lowest BCUT2D eigenvalue weighted by Crippen LogP contribution is -2.57. The minimum atomic E-state index is -1.20. The number of amides is 4. The minimum absolute atomic E-state index is 0.0210. The van der Waals surface area contributed by atoms with Crippen LogP contribution in [-0.4, -0.2) is 47.7 Å². The molecule has 0 saturated heterocycles. The summed E-state index contributed by atoms with van der Waals surface area (Å²) >= 11 is 0. The highest BCUT2D eigenvalue weighted by atomic mass is 16.5. The van der Waals surface area contributed by atoms with Crippen molar-refractivity contribution in [1.82, 2.24) is 16.0 Å². The molecule has 0 aliphatic carbocycles. The summed E-state index contributed by atoms with van der Waals surface area (Å²) in [5.74, 6) is -3.76. The van der Waals surface area contributed by atoms with Gasteiger partial charge in [0.05, 0.1) is 6.04 Å². The molecule has 3 aromatic carbocycles. The van der Waals surface area contributed by atoms with Crippen molar-refractivity contribution < 1.29 is 28.7 Å². The van der Waals surface area contributed by atoms with Gasteiger partial charge in [-0.25, -0.2) is 4.79 Å². The molecule has 0 bridgehead atoms. The number of Topliss-reactive ketones (excluding diaryl/α,β-unsaturated/α-hetero) is 1. The molecule has 3 rings (SSSR count). The van der Waals surface area contributed by atoms with Gasteiger partial charge in [-0.3, -0.25) is 19.2 Å². The van der Waals surface area contributed by atoms with Crippen LogP contribution in [-0.2, 0) is 36.9 Å². The van der Waals surface area contributed by atoms with Crippen molar-refractivity contribution in [3.8, 4) is 0 Å². The van der Waals surface area contributed by atoms with Gasteiger partial charge in [0.1, 0.15) is 18.7 Å². The smallest absolute Gasteiger partial charge is 0.408 e. The van der Waals surface area contributed by atoms with E-state index >= 15 is 0 Å². The van der Waals surface area contributed by atoms with Crippen molar-refractivity contribution in [2.24, 2.45) is 17.6 Å². The monoisotopic (exact) mass is 602 g/mol. The third-order valence-corrected chi connectivity index (χ3v) is 7.45. The molecule has 44 heavy (non-hydrogen) atoms. The van der Waals surface area contributed by atoms with Crippen LogP contribution in [0.15, 0.2) is 72.8 Å². The maximum atomic E-state index is 13.4. The molecule has 5 N–H and O–H groups in total. The number of primary amides is 1. The quantitative estimate of drug-likeness (QED) is 0.194. The zero-order chi connectivity index (χ0) is 32.2. The van der Waals surface area contributed by atoms with E-state index in [0.717, 1.165) is 21.9 Å². The van der Waals surface area contributed by atoms with Gasteiger partial charge in [-0.2, -0.15) is 0 Å². The number of nitrogens with one attached hydrogen (secondary N) is 3. The summed E-state index contributed by atoms with van der Waals surface area (Å²) in [6.45, 7) is 7.36. The van der Waals surface area contributed by atoms with Crippen molar-refractivity contribution in [3.05, 3.63) is 83.9 Å². The molecule has 4 unspecified atom stereocenters. The van der Waals surface area contributed by atoms with Crippen molar-refractivity contribution in [3.63, 3.8) is 0 Å². The standard InChI is InChI=1S/C34H42N4O6/c1-5-22(4)29(38-32(41)28(17-21(2)3)37-34(43)44-20-23-11-7-6-8-12-23)30(39)33(42)36-27(31(35)40)19-24-15-16-25-13-9-10-14-26(25)18-24/h6-16,18,21-22,27-29H,5,17,19-20H2,1-4H3,(H2,35,40)(H,36,42)(H,37,43)(H,38,41). The van der Waals surface area contributed by atoms with E-state index in [1.54, 1.807) is 6.92 Å². The van der Waals surface area contributed by atoms with E-state index in [2.05, 4.69) is 16.0 Å². The van der Waals surface area contributed by atoms with Crippen LogP contribution in [0.1, 0.15) is 51.7 Å². The maximum Gasteiger partial charge on any atom is 0.408 e. The highest BCUT2D eigenvalue weighted by molar-refractivity contribution is 6.39. The molecule has 0 heterocycles. The van der Waals surface area contributed by atoms with Crippen molar-refractivity contribution in [2.75, 3.05) is 0 Å². The van der Waals surface area contributed by atoms with Gasteiger partial charge in [0, 0.05) is 6.42 Å². The predicted octanol–water partition coefficient (Wildman–Crippen LogP) is 3.79. The molecular formula is C34H42N4O6. The summed E-state index contributed by atoms with van der Waals surface area (Å²) in [7, 11) is 0. The van der Waals surface area contributed by atoms with Gasteiger partial charge in [0.15, 0.2) is 0 Å². The normalized spacial score (nSPS) is 13.8. The lowest BCUT2D eigenvalue weighted by Gasteiger charge is -2.27. The molecule has 0 fully saturated rings. The number of fused-ring (bicyclic) bond motifs is 1. The van der Waals surface area contributed by atoms with Crippen LogP contribution in [0.25, 0.3) is 10.8 Å². The minimum Gasteiger partial charge on any atom is -0.445 e. The first-order valence-corrected chi connectivity index (χ1v) is 14.9. The molecule has 0 aliphatic rings. The van der Waals surface area contributed by atoms with E-state index in [0.29, 0.717) is 6.42 Å². The molecule has 0 saturated carbocycles. The maximum absolute atomic E-state index is 13.4. The van der Waals surface area contributed by atoms with Gasteiger partial charge in [0.2, 0.25) is 17.6 Å². The first kappa shape index (κ1) is 33.8. The number of ether oxygens (including phenoxy) is 1. The second-order valence-electron chi connectivity index (χ2n) is 11.4. The number of nitrogens with two attached hydrogens (primary N) is 1. The lowest BCUT2D eigenvalue weighted by atomic mass is 9.93. The molecule has 4 amide bonds. The van der Waals surface area contributed by atoms with Crippen LogP contribution < -0.4 is 21.7 Å². The van der Waals surface area contributed by atoms with E-state index in [4.69, 9.17) is 10.5 Å². The van der Waals surface area contributed by atoms with Gasteiger partial charge < -0.3 is 26.4 Å². The molecule has 0 aliphatic heterocycles. The van der Waals surface area contributed by atoms with E-state index in [9.17, 15) is 24.0 Å². The van der Waals surface area contributed by atoms with Gasteiger partial charge in [-0.05, 0) is 40.2 Å². The Labute approximate surface area is 258 Å². The van der Waals surface area contributed by atoms with Crippen LogP contribution in [0.2, 0.25) is 0 Å². The number of carbonyl (C=O) groups excluding carboxylic acids is 5. The Morgan fingerprint density at radius 3 is 2.07 bits per heavy atom. The molecular weight excluding hydrogens is 560 g/mol. The predicted molar refractivity (Wildman–Crippen MR) is 168 cm³/mol. The van der Waals surface area contributed by atoms with Gasteiger partial charge >= 0.3 is 6.09 Å². The average Bonchev–Trinajstić information content (AvgIpc) is 3.01. The third kappa shape index (κ3) is 9.93. The molecule has 10 heteroatoms. The number of alkyl carbamates (subject to hydrolysis) is 1. The number of carbonyl (C=O) groups is 5. The van der Waals surface area contributed by atoms with Crippen LogP contribution in [0, 0.1) is 11.8 Å². The average molecular weight is 603 g/mol. The lowest BCUT2D eigenvalue weighted by molar-refractivity contribution is -0.142. The molecule has 10 nitrogen and oxygen atoms in total. The molecule has 0 spiro atoms. The Morgan fingerprint density at radius 1 is 0.773 bits per heavy atom. The van der Waals surface area contributed by atoms with Crippen LogP contribution in [0.3, 0.4) is 0 Å². The van der Waals surface area contributed by atoms with Gasteiger partial charge in [0.25, 0.3) is 5.91 Å². The van der Waals surface area contributed by atoms with E-state index in [1.165, 1.54) is 0 Å². The van der Waals surface area contributed by atoms with Crippen LogP contribution in [0.4, 0.5) is 4.79 Å². The molecule has 4 atom stereocenters. The third-order valence-electron chi connectivity index (χ3n) is 7.45. The van der Waals surface area contributed by atoms with Crippen molar-refractivity contribution in [1.29, 1.82) is 0 Å². The first-order valence-electron chi connectivity index (χ1n) is 14.9. The Kier molecular flexibility index (Phi) is 12.4. The summed E-state index contributed by atoms with van der Waals surface area (Å²) < 4.78 is 5.28. The number of rotatable bonds is 15. The van der Waals surface area contributed by atoms with Crippen LogP contribution >= 0.6 is 0 Å². The number of hydrogen-bond donors (Lipinski definition) is 4. The van der Waals surface area contributed by atoms with E-state index in [-0.39, 0.29) is 25.4 Å². The fourth-order valence-electron chi connectivity index (χ4n) is 4.76. The summed E-state index contributed by atoms with van der Waals surface area (Å²) in [5, 5.41) is 9.71. The zero-order valence-corrected chi connectivity index (χ0v) is 25.7. The highest BCUT2D eigenvalue weighted by Crippen LogP contribution is 2.17. The van der Waals surface area contributed by atoms with E-state index < -0.39 is 53.6 Å². The summed E-state index contributed by atoms with van der Waals surface area (Å²) in [6.07, 6.45) is 0.0547. The molecule has 0 radical (unpaired) electrons. The molecule has 234 valence electrons. The summed E-state index contributed by atoms with van der Waals surface area (Å²) in [5.41, 5.74) is 7.14. The number of hydrogen-bond acceptors (Lipinski definition) is 6. The fourth-order valence-corrected chi connectivity index (χ4v) is 4.76. The Bertz CT molecular complexity index is 1460. The zero-order valence-electron chi connectivity index (χ0n) is 25.7.